The predicted molar refractivity (Wildman–Crippen MR) is 107 cm³/mol. The van der Waals surface area contributed by atoms with Gasteiger partial charge in [-0.05, 0) is 46.7 Å². The molecule has 30 heavy (non-hydrogen) atoms. The van der Waals surface area contributed by atoms with Crippen LogP contribution in [0.2, 0.25) is 0 Å². The van der Waals surface area contributed by atoms with Gasteiger partial charge in [-0.3, -0.25) is 0 Å². The summed E-state index contributed by atoms with van der Waals surface area (Å²) in [6.07, 6.45) is -3.87. The zero-order chi connectivity index (χ0) is 21.0. The summed E-state index contributed by atoms with van der Waals surface area (Å²) in [5, 5.41) is 12.9. The summed E-state index contributed by atoms with van der Waals surface area (Å²) in [7, 11) is 0. The Hall–Kier alpha value is -3.28. The molecule has 0 aromatic heterocycles. The number of anilines is 1. The Morgan fingerprint density at radius 2 is 1.57 bits per heavy atom. The fourth-order valence-electron chi connectivity index (χ4n) is 5.10. The van der Waals surface area contributed by atoms with Crippen molar-refractivity contribution in [3.63, 3.8) is 0 Å². The van der Waals surface area contributed by atoms with Gasteiger partial charge in [0, 0.05) is 5.92 Å². The minimum absolute atomic E-state index is 0.0739. The number of para-hydroxylation sites is 1. The van der Waals surface area contributed by atoms with Crippen LogP contribution in [0, 0.1) is 5.92 Å². The summed E-state index contributed by atoms with van der Waals surface area (Å²) >= 11 is 0. The van der Waals surface area contributed by atoms with Gasteiger partial charge in [0.2, 0.25) is 0 Å². The zero-order valence-electron chi connectivity index (χ0n) is 15.8. The Labute approximate surface area is 171 Å². The molecular formula is C24H18F3NO2. The lowest BCUT2D eigenvalue weighted by Gasteiger charge is -2.39. The van der Waals surface area contributed by atoms with Gasteiger partial charge in [-0.2, -0.15) is 13.2 Å². The van der Waals surface area contributed by atoms with Gasteiger partial charge in [-0.25, -0.2) is 4.79 Å². The van der Waals surface area contributed by atoms with Crippen molar-refractivity contribution in [1.82, 2.24) is 0 Å². The van der Waals surface area contributed by atoms with Crippen molar-refractivity contribution in [2.24, 2.45) is 5.92 Å². The molecule has 1 heterocycles. The highest BCUT2D eigenvalue weighted by Gasteiger charge is 2.46. The van der Waals surface area contributed by atoms with Gasteiger partial charge in [0.1, 0.15) is 0 Å². The molecular weight excluding hydrogens is 391 g/mol. The molecule has 0 saturated heterocycles. The van der Waals surface area contributed by atoms with Gasteiger partial charge in [-0.1, -0.05) is 54.6 Å². The van der Waals surface area contributed by atoms with Crippen LogP contribution in [0.4, 0.5) is 18.9 Å². The summed E-state index contributed by atoms with van der Waals surface area (Å²) in [6, 6.07) is 17.8. The van der Waals surface area contributed by atoms with Crippen molar-refractivity contribution in [1.29, 1.82) is 0 Å². The van der Waals surface area contributed by atoms with E-state index >= 15 is 0 Å². The van der Waals surface area contributed by atoms with Crippen LogP contribution in [-0.2, 0) is 12.6 Å². The average molecular weight is 409 g/mol. The topological polar surface area (TPSA) is 49.3 Å². The average Bonchev–Trinajstić information content (AvgIpc) is 3.12. The lowest BCUT2D eigenvalue weighted by atomic mass is 9.74. The van der Waals surface area contributed by atoms with E-state index in [4.69, 9.17) is 0 Å². The van der Waals surface area contributed by atoms with Crippen LogP contribution in [0.1, 0.15) is 50.1 Å². The number of carbonyl (C=O) groups is 1. The van der Waals surface area contributed by atoms with Crippen molar-refractivity contribution in [3.8, 4) is 0 Å². The zero-order valence-corrected chi connectivity index (χ0v) is 15.8. The van der Waals surface area contributed by atoms with Crippen LogP contribution >= 0.6 is 0 Å². The number of hydrogen-bond donors (Lipinski definition) is 2. The minimum atomic E-state index is -4.49. The maximum atomic E-state index is 13.8. The minimum Gasteiger partial charge on any atom is -0.478 e. The fourth-order valence-corrected chi connectivity index (χ4v) is 5.10. The lowest BCUT2D eigenvalue weighted by molar-refractivity contribution is -0.138. The summed E-state index contributed by atoms with van der Waals surface area (Å²) < 4.78 is 41.4. The first-order valence-corrected chi connectivity index (χ1v) is 9.73. The third-order valence-electron chi connectivity index (χ3n) is 6.27. The van der Waals surface area contributed by atoms with Crippen LogP contribution in [-0.4, -0.2) is 11.1 Å². The highest BCUT2D eigenvalue weighted by molar-refractivity contribution is 5.96. The fraction of sp³-hybridized carbons (Fsp3) is 0.208. The third-order valence-corrected chi connectivity index (χ3v) is 6.27. The van der Waals surface area contributed by atoms with E-state index < -0.39 is 23.8 Å². The number of carboxylic acid groups (broad SMARTS) is 1. The number of rotatable bonds is 2. The third kappa shape index (κ3) is 2.78. The molecule has 0 bridgehead atoms. The molecule has 6 heteroatoms. The van der Waals surface area contributed by atoms with E-state index in [0.29, 0.717) is 12.1 Å². The number of hydrogen-bond acceptors (Lipinski definition) is 2. The Kier molecular flexibility index (Phi) is 4.13. The van der Waals surface area contributed by atoms with Crippen LogP contribution in [0.5, 0.6) is 0 Å². The van der Waals surface area contributed by atoms with E-state index in [-0.39, 0.29) is 23.0 Å². The van der Waals surface area contributed by atoms with Crippen molar-refractivity contribution < 1.29 is 23.1 Å². The number of fused-ring (bicyclic) bond motifs is 5. The first kappa shape index (κ1) is 18.7. The summed E-state index contributed by atoms with van der Waals surface area (Å²) in [5.74, 6) is -1.42. The van der Waals surface area contributed by atoms with Crippen molar-refractivity contribution in [2.45, 2.75) is 24.6 Å². The molecule has 1 aliphatic heterocycles. The second-order valence-electron chi connectivity index (χ2n) is 7.83. The molecule has 2 aliphatic rings. The van der Waals surface area contributed by atoms with E-state index in [1.165, 1.54) is 18.2 Å². The van der Waals surface area contributed by atoms with Crippen molar-refractivity contribution in [2.75, 3.05) is 5.32 Å². The molecule has 3 aromatic rings. The van der Waals surface area contributed by atoms with Gasteiger partial charge in [0.05, 0.1) is 22.9 Å². The predicted octanol–water partition coefficient (Wildman–Crippen LogP) is 5.87. The summed E-state index contributed by atoms with van der Waals surface area (Å²) in [4.78, 5) is 11.9. The standard InChI is InChI=1S/C24H18F3NO2/c25-24(26,27)19-11-4-3-8-15(19)21-18-12-13-6-1-2-7-14(13)20(18)16-9-5-10-17(23(29)30)22(16)28-21/h1-11,18,20-21,28H,12H2,(H,29,30)/t18-,20-,21-/m1/s1. The van der Waals surface area contributed by atoms with Gasteiger partial charge >= 0.3 is 12.1 Å². The van der Waals surface area contributed by atoms with Gasteiger partial charge in [0.25, 0.3) is 0 Å². The van der Waals surface area contributed by atoms with Gasteiger partial charge in [0.15, 0.2) is 0 Å². The Morgan fingerprint density at radius 1 is 0.900 bits per heavy atom. The van der Waals surface area contributed by atoms with Crippen molar-refractivity contribution in [3.05, 3.63) is 100 Å². The molecule has 3 nitrogen and oxygen atoms in total. The SMILES string of the molecule is O=C(O)c1cccc2c1N[C@H](c1ccccc1C(F)(F)F)[C@@H]1Cc3ccccc3[C@H]21. The van der Waals surface area contributed by atoms with Gasteiger partial charge < -0.3 is 10.4 Å². The normalized spacial score (nSPS) is 21.9. The van der Waals surface area contributed by atoms with Crippen LogP contribution in [0.25, 0.3) is 0 Å². The second-order valence-corrected chi connectivity index (χ2v) is 7.83. The maximum absolute atomic E-state index is 13.8. The first-order chi connectivity index (χ1) is 14.4. The molecule has 0 radical (unpaired) electrons. The van der Waals surface area contributed by atoms with Crippen molar-refractivity contribution >= 4 is 11.7 Å². The Bertz CT molecular complexity index is 1160. The molecule has 152 valence electrons. The molecule has 3 atom stereocenters. The van der Waals surface area contributed by atoms with E-state index in [9.17, 15) is 23.1 Å². The number of nitrogens with one attached hydrogen (secondary N) is 1. The molecule has 1 aliphatic carbocycles. The highest BCUT2D eigenvalue weighted by Crippen LogP contribution is 2.55. The van der Waals surface area contributed by atoms with E-state index in [2.05, 4.69) is 5.32 Å². The molecule has 0 unspecified atom stereocenters. The molecule has 2 N–H and O–H groups in total. The highest BCUT2D eigenvalue weighted by atomic mass is 19.4. The van der Waals surface area contributed by atoms with E-state index in [0.717, 1.165) is 22.8 Å². The van der Waals surface area contributed by atoms with E-state index in [1.54, 1.807) is 12.1 Å². The number of halogens is 3. The number of carboxylic acids is 1. The number of benzene rings is 3. The smallest absolute Gasteiger partial charge is 0.416 e. The Morgan fingerprint density at radius 3 is 2.30 bits per heavy atom. The van der Waals surface area contributed by atoms with Crippen LogP contribution in [0.15, 0.2) is 66.7 Å². The number of aromatic carboxylic acids is 1. The molecule has 3 aromatic carbocycles. The van der Waals surface area contributed by atoms with Crippen LogP contribution in [0.3, 0.4) is 0 Å². The molecule has 5 rings (SSSR count). The number of alkyl halides is 3. The first-order valence-electron chi connectivity index (χ1n) is 9.73. The molecule has 0 saturated carbocycles. The Balaban J connectivity index is 1.75. The molecule has 0 spiro atoms. The summed E-state index contributed by atoms with van der Waals surface area (Å²) in [6.45, 7) is 0. The maximum Gasteiger partial charge on any atom is 0.416 e. The quantitative estimate of drug-likeness (QED) is 0.556. The molecule has 0 fully saturated rings. The lowest BCUT2D eigenvalue weighted by Crippen LogP contribution is -2.33. The van der Waals surface area contributed by atoms with Gasteiger partial charge in [-0.15, -0.1) is 0 Å². The van der Waals surface area contributed by atoms with Crippen LogP contribution < -0.4 is 5.32 Å². The second kappa shape index (κ2) is 6.62. The largest absolute Gasteiger partial charge is 0.478 e. The monoisotopic (exact) mass is 409 g/mol. The summed E-state index contributed by atoms with van der Waals surface area (Å²) in [5.41, 5.74) is 2.92. The molecule has 0 amide bonds. The van der Waals surface area contributed by atoms with E-state index in [1.807, 2.05) is 30.3 Å².